The van der Waals surface area contributed by atoms with Gasteiger partial charge >= 0.3 is 6.09 Å². The summed E-state index contributed by atoms with van der Waals surface area (Å²) in [6, 6.07) is 8.88. The molecule has 6 nitrogen and oxygen atoms in total. The first-order valence-corrected chi connectivity index (χ1v) is 8.12. The molecule has 1 heterocycles. The van der Waals surface area contributed by atoms with Gasteiger partial charge in [0.2, 0.25) is 0 Å². The maximum Gasteiger partial charge on any atom is 0.413 e. The number of aromatic nitrogens is 2. The lowest BCUT2D eigenvalue weighted by Gasteiger charge is -2.06. The first-order valence-electron chi connectivity index (χ1n) is 7.74. The Morgan fingerprint density at radius 1 is 1.25 bits per heavy atom. The minimum Gasteiger partial charge on any atom is -0.444 e. The molecule has 1 aromatic heterocycles. The second kappa shape index (κ2) is 9.08. The smallest absolute Gasteiger partial charge is 0.413 e. The number of ketones is 1. The number of amides is 1. The van der Waals surface area contributed by atoms with Crippen LogP contribution in [0.15, 0.2) is 36.5 Å². The number of carbonyl (C=O) groups excluding carboxylic acids is 2. The number of aryl methyl sites for hydroxylation is 1. The van der Waals surface area contributed by atoms with Crippen molar-refractivity contribution in [3.63, 3.8) is 0 Å². The predicted octanol–water partition coefficient (Wildman–Crippen LogP) is 4.04. The van der Waals surface area contributed by atoms with Crippen LogP contribution in [0.3, 0.4) is 0 Å². The largest absolute Gasteiger partial charge is 0.444 e. The van der Waals surface area contributed by atoms with Crippen LogP contribution >= 0.6 is 11.6 Å². The van der Waals surface area contributed by atoms with Gasteiger partial charge in [0.25, 0.3) is 0 Å². The Bertz CT molecular complexity index is 700. The van der Waals surface area contributed by atoms with Crippen LogP contribution in [0.25, 0.3) is 0 Å². The number of unbranched alkanes of at least 4 members (excludes halogenated alkanes) is 1. The van der Waals surface area contributed by atoms with Crippen LogP contribution in [0, 0.1) is 0 Å². The summed E-state index contributed by atoms with van der Waals surface area (Å²) in [5.74, 6) is 0.616. The topological polar surface area (TPSA) is 73.2 Å². The number of rotatable bonds is 8. The maximum absolute atomic E-state index is 11.8. The summed E-state index contributed by atoms with van der Waals surface area (Å²) in [4.78, 5) is 22.7. The normalized spacial score (nSPS) is 10.4. The van der Waals surface area contributed by atoms with Crippen LogP contribution in [-0.2, 0) is 22.7 Å². The number of benzene rings is 1. The zero-order valence-corrected chi connectivity index (χ0v) is 14.3. The Morgan fingerprint density at radius 2 is 2.04 bits per heavy atom. The number of Topliss-reactive ketones (excluding diaryl/α,β-unsaturated/α-hetero) is 1. The third-order valence-corrected chi connectivity index (χ3v) is 3.72. The van der Waals surface area contributed by atoms with Gasteiger partial charge in [-0.3, -0.25) is 10.00 Å². The van der Waals surface area contributed by atoms with E-state index in [1.807, 2.05) is 12.1 Å². The molecule has 2 aromatic rings. The van der Waals surface area contributed by atoms with Crippen LogP contribution in [0.2, 0.25) is 5.02 Å². The van der Waals surface area contributed by atoms with E-state index in [-0.39, 0.29) is 12.4 Å². The van der Waals surface area contributed by atoms with E-state index >= 15 is 0 Å². The number of nitrogens with one attached hydrogen (secondary N) is 1. The summed E-state index contributed by atoms with van der Waals surface area (Å²) in [5.41, 5.74) is 0.741. The lowest BCUT2D eigenvalue weighted by atomic mass is 10.2. The molecule has 24 heavy (non-hydrogen) atoms. The van der Waals surface area contributed by atoms with Crippen LogP contribution in [0.5, 0.6) is 0 Å². The van der Waals surface area contributed by atoms with Crippen molar-refractivity contribution in [3.05, 3.63) is 47.1 Å². The third-order valence-electron chi connectivity index (χ3n) is 3.35. The molecule has 0 spiro atoms. The highest BCUT2D eigenvalue weighted by molar-refractivity contribution is 6.31. The number of hydrogen-bond acceptors (Lipinski definition) is 4. The summed E-state index contributed by atoms with van der Waals surface area (Å²) < 4.78 is 6.85. The van der Waals surface area contributed by atoms with Gasteiger partial charge in [0.15, 0.2) is 5.82 Å². The molecule has 0 fully saturated rings. The number of ether oxygens (including phenoxy) is 1. The van der Waals surface area contributed by atoms with E-state index in [0.717, 1.165) is 18.4 Å². The van der Waals surface area contributed by atoms with Crippen molar-refractivity contribution in [2.75, 3.05) is 5.32 Å². The molecule has 1 N–H and O–H groups in total. The van der Waals surface area contributed by atoms with E-state index in [1.54, 1.807) is 36.0 Å². The van der Waals surface area contributed by atoms with Gasteiger partial charge in [0.05, 0.1) is 0 Å². The van der Waals surface area contributed by atoms with Crippen LogP contribution < -0.4 is 5.32 Å². The number of halogens is 1. The molecule has 0 atom stereocenters. The van der Waals surface area contributed by atoms with Crippen molar-refractivity contribution in [1.29, 1.82) is 0 Å². The monoisotopic (exact) mass is 349 g/mol. The molecular formula is C17H20ClN3O3. The van der Waals surface area contributed by atoms with E-state index < -0.39 is 6.09 Å². The Hall–Kier alpha value is -2.34. The molecule has 2 rings (SSSR count). The summed E-state index contributed by atoms with van der Waals surface area (Å²) >= 11 is 6.00. The first-order chi connectivity index (χ1) is 11.5. The number of anilines is 1. The Balaban J connectivity index is 1.74. The highest BCUT2D eigenvalue weighted by atomic mass is 35.5. The van der Waals surface area contributed by atoms with Crippen LogP contribution in [0.4, 0.5) is 10.6 Å². The average Bonchev–Trinajstić information content (AvgIpc) is 2.98. The lowest BCUT2D eigenvalue weighted by molar-refractivity contribution is -0.117. The number of hydrogen-bond donors (Lipinski definition) is 1. The van der Waals surface area contributed by atoms with Crippen molar-refractivity contribution in [2.24, 2.45) is 0 Å². The minimum absolute atomic E-state index is 0.0945. The van der Waals surface area contributed by atoms with Crippen molar-refractivity contribution >= 4 is 29.3 Å². The van der Waals surface area contributed by atoms with E-state index in [1.165, 1.54) is 0 Å². The van der Waals surface area contributed by atoms with Gasteiger partial charge in [0.1, 0.15) is 12.4 Å². The number of carbonyl (C=O) groups is 2. The fourth-order valence-corrected chi connectivity index (χ4v) is 2.29. The highest BCUT2D eigenvalue weighted by Crippen LogP contribution is 2.16. The highest BCUT2D eigenvalue weighted by Gasteiger charge is 2.08. The second-order valence-electron chi connectivity index (χ2n) is 5.42. The van der Waals surface area contributed by atoms with Gasteiger partial charge < -0.3 is 9.53 Å². The molecule has 0 aliphatic heterocycles. The second-order valence-corrected chi connectivity index (χ2v) is 5.82. The zero-order valence-electron chi connectivity index (χ0n) is 13.5. The summed E-state index contributed by atoms with van der Waals surface area (Å²) in [5, 5.41) is 7.36. The summed E-state index contributed by atoms with van der Waals surface area (Å²) in [6.45, 7) is 2.38. The predicted molar refractivity (Wildman–Crippen MR) is 92.0 cm³/mol. The van der Waals surface area contributed by atoms with E-state index in [2.05, 4.69) is 10.4 Å². The van der Waals surface area contributed by atoms with Gasteiger partial charge in [-0.2, -0.15) is 5.10 Å². The maximum atomic E-state index is 11.8. The zero-order chi connectivity index (χ0) is 17.4. The van der Waals surface area contributed by atoms with Crippen molar-refractivity contribution in [2.45, 2.75) is 39.3 Å². The Morgan fingerprint density at radius 3 is 2.79 bits per heavy atom. The molecule has 0 radical (unpaired) electrons. The SMILES string of the molecule is CC(=O)CCCCn1ccc(NC(=O)OCc2ccccc2Cl)n1. The first kappa shape index (κ1) is 18.0. The van der Waals surface area contributed by atoms with E-state index in [0.29, 0.717) is 23.8 Å². The minimum atomic E-state index is -0.586. The van der Waals surface area contributed by atoms with Crippen molar-refractivity contribution in [3.8, 4) is 0 Å². The Labute approximate surface area is 145 Å². The quantitative estimate of drug-likeness (QED) is 0.730. The molecule has 0 saturated heterocycles. The fraction of sp³-hybridized carbons (Fsp3) is 0.353. The van der Waals surface area contributed by atoms with Crippen LogP contribution in [-0.4, -0.2) is 21.7 Å². The molecule has 0 aliphatic rings. The summed E-state index contributed by atoms with van der Waals surface area (Å²) in [7, 11) is 0. The van der Waals surface area contributed by atoms with Crippen LogP contribution in [0.1, 0.15) is 31.7 Å². The molecule has 128 valence electrons. The molecule has 0 unspecified atom stereocenters. The molecular weight excluding hydrogens is 330 g/mol. The third kappa shape index (κ3) is 6.04. The van der Waals surface area contributed by atoms with Gasteiger partial charge in [-0.05, 0) is 25.8 Å². The van der Waals surface area contributed by atoms with E-state index in [4.69, 9.17) is 16.3 Å². The van der Waals surface area contributed by atoms with Crippen molar-refractivity contribution in [1.82, 2.24) is 9.78 Å². The standard InChI is InChI=1S/C17H20ClN3O3/c1-13(22)6-4-5-10-21-11-9-16(20-21)19-17(23)24-12-14-7-2-3-8-15(14)18/h2-3,7-9,11H,4-6,10,12H2,1H3,(H,19,20,23). The summed E-state index contributed by atoms with van der Waals surface area (Å²) in [6.07, 6.45) is 3.46. The van der Waals surface area contributed by atoms with Gasteiger partial charge in [-0.15, -0.1) is 0 Å². The fourth-order valence-electron chi connectivity index (χ4n) is 2.10. The van der Waals surface area contributed by atoms with Gasteiger partial charge in [-0.25, -0.2) is 4.79 Å². The van der Waals surface area contributed by atoms with Gasteiger partial charge in [-0.1, -0.05) is 29.8 Å². The van der Waals surface area contributed by atoms with Gasteiger partial charge in [0, 0.05) is 35.8 Å². The van der Waals surface area contributed by atoms with Crippen molar-refractivity contribution < 1.29 is 14.3 Å². The average molecular weight is 350 g/mol. The molecule has 0 aliphatic carbocycles. The van der Waals surface area contributed by atoms with E-state index in [9.17, 15) is 9.59 Å². The number of nitrogens with zero attached hydrogens (tertiary/aromatic N) is 2. The molecule has 7 heteroatoms. The lowest BCUT2D eigenvalue weighted by Crippen LogP contribution is -2.14. The molecule has 1 amide bonds. The molecule has 0 saturated carbocycles. The Kier molecular flexibility index (Phi) is 6.81. The molecule has 1 aromatic carbocycles. The molecule has 0 bridgehead atoms.